The summed E-state index contributed by atoms with van der Waals surface area (Å²) in [5.41, 5.74) is 4.22. The zero-order valence-electron chi connectivity index (χ0n) is 38.4. The summed E-state index contributed by atoms with van der Waals surface area (Å²) in [7, 11) is 2.07. The number of amides is 8. The first-order valence-corrected chi connectivity index (χ1v) is 22.9. The second kappa shape index (κ2) is 24.1. The van der Waals surface area contributed by atoms with Gasteiger partial charge in [0.05, 0.1) is 13.2 Å². The van der Waals surface area contributed by atoms with E-state index in [2.05, 4.69) is 60.5 Å². The number of nitrogens with zero attached hydrogens (tertiary/aromatic N) is 1. The number of hydrogen-bond acceptors (Lipinski definition) is 12. The van der Waals surface area contributed by atoms with Gasteiger partial charge in [-0.05, 0) is 66.3 Å². The lowest BCUT2D eigenvalue weighted by molar-refractivity contribution is -0.143. The average molecular weight is 940 g/mol. The van der Waals surface area contributed by atoms with Crippen LogP contribution in [0.25, 0.3) is 11.1 Å². The van der Waals surface area contributed by atoms with E-state index in [0.29, 0.717) is 19.6 Å². The van der Waals surface area contributed by atoms with Gasteiger partial charge in [0.2, 0.25) is 41.4 Å². The van der Waals surface area contributed by atoms with Crippen LogP contribution in [-0.4, -0.2) is 142 Å². The monoisotopic (exact) mass is 939 g/mol. The summed E-state index contributed by atoms with van der Waals surface area (Å²) in [4.78, 5) is 108. The van der Waals surface area contributed by atoms with Crippen molar-refractivity contribution in [1.29, 1.82) is 0 Å². The number of fused-ring (bicyclic) bond motifs is 4. The van der Waals surface area contributed by atoms with Crippen molar-refractivity contribution in [2.45, 2.75) is 63.6 Å². The molecule has 20 nitrogen and oxygen atoms in total. The Morgan fingerprint density at radius 1 is 0.838 bits per heavy atom. The summed E-state index contributed by atoms with van der Waals surface area (Å²) in [6.45, 7) is 0.919. The first kappa shape index (κ1) is 50.4. The lowest BCUT2D eigenvalue weighted by Gasteiger charge is -2.32. The Kier molecular flexibility index (Phi) is 17.9. The Morgan fingerprint density at radius 2 is 1.54 bits per heavy atom. The second-order valence-corrected chi connectivity index (χ2v) is 17.1. The molecule has 2 heterocycles. The highest BCUT2D eigenvalue weighted by atomic mass is 16.5. The molecule has 0 radical (unpaired) electrons. The second-order valence-electron chi connectivity index (χ2n) is 17.1. The van der Waals surface area contributed by atoms with Gasteiger partial charge in [0, 0.05) is 77.5 Å². The first-order valence-electron chi connectivity index (χ1n) is 22.9. The molecule has 6 rings (SSSR count). The molecule has 68 heavy (non-hydrogen) atoms. The van der Waals surface area contributed by atoms with Crippen molar-refractivity contribution in [2.75, 3.05) is 72.7 Å². The van der Waals surface area contributed by atoms with Crippen molar-refractivity contribution in [1.82, 2.24) is 47.4 Å². The van der Waals surface area contributed by atoms with Crippen LogP contribution in [0.15, 0.2) is 66.7 Å². The topological polar surface area (TPSA) is 275 Å². The molecule has 1 unspecified atom stereocenters. The highest BCUT2D eigenvalue weighted by Gasteiger charge is 2.47. The van der Waals surface area contributed by atoms with E-state index in [1.807, 2.05) is 60.7 Å². The minimum Gasteiger partial charge on any atom is -0.493 e. The minimum atomic E-state index is -2.26. The van der Waals surface area contributed by atoms with Gasteiger partial charge in [-0.15, -0.1) is 0 Å². The maximum absolute atomic E-state index is 14.2. The number of benzene rings is 3. The van der Waals surface area contributed by atoms with E-state index in [9.17, 15) is 43.5 Å². The van der Waals surface area contributed by atoms with Crippen molar-refractivity contribution in [3.8, 4) is 16.9 Å². The molecule has 364 valence electrons. The molecule has 1 aliphatic carbocycles. The summed E-state index contributed by atoms with van der Waals surface area (Å²) in [6.07, 6.45) is -0.362. The van der Waals surface area contributed by atoms with Crippen LogP contribution in [0.1, 0.15) is 60.8 Å². The number of carbonyl (C=O) groups excluding carboxylic acids is 8. The Bertz CT molecular complexity index is 2300. The third-order valence-electron chi connectivity index (χ3n) is 12.2. The minimum absolute atomic E-state index is 0.0137. The fourth-order valence-corrected chi connectivity index (χ4v) is 8.32. The number of aliphatic hydroxyl groups excluding tert-OH is 1. The van der Waals surface area contributed by atoms with Crippen molar-refractivity contribution >= 4 is 47.4 Å². The first-order chi connectivity index (χ1) is 32.8. The van der Waals surface area contributed by atoms with E-state index >= 15 is 0 Å². The highest BCUT2D eigenvalue weighted by Crippen LogP contribution is 2.44. The molecule has 3 aromatic carbocycles. The van der Waals surface area contributed by atoms with Gasteiger partial charge in [-0.1, -0.05) is 60.7 Å². The Labute approximate surface area is 394 Å². The molecule has 9 N–H and O–H groups in total. The van der Waals surface area contributed by atoms with Crippen LogP contribution in [0.5, 0.6) is 5.75 Å². The van der Waals surface area contributed by atoms with Gasteiger partial charge >= 0.3 is 6.09 Å². The molecule has 3 aliphatic rings. The van der Waals surface area contributed by atoms with Crippen LogP contribution >= 0.6 is 0 Å². The van der Waals surface area contributed by atoms with Gasteiger partial charge in [-0.2, -0.15) is 0 Å². The maximum atomic E-state index is 14.2. The van der Waals surface area contributed by atoms with E-state index in [0.717, 1.165) is 47.5 Å². The van der Waals surface area contributed by atoms with Crippen LogP contribution < -0.4 is 47.3 Å². The van der Waals surface area contributed by atoms with Gasteiger partial charge in [0.15, 0.2) is 5.41 Å². The molecule has 0 spiro atoms. The van der Waals surface area contributed by atoms with E-state index in [1.54, 1.807) is 0 Å². The SMILES string of the molecule is C[C@H](NC(=O)OCC1c2ccccc2-c2ccccc21)C(=O)NCC1(C(=O)NCCC(=O)NCCCOc2cccc3c2CCN(C)C3)CNC(=O)CCNC(=O)[C@H](CO)NC(=O)CCNC1=O. The van der Waals surface area contributed by atoms with Crippen LogP contribution in [0, 0.1) is 5.41 Å². The summed E-state index contributed by atoms with van der Waals surface area (Å²) in [5.74, 6) is -4.68. The van der Waals surface area contributed by atoms with Gasteiger partial charge in [-0.3, -0.25) is 33.6 Å². The molecule has 3 aromatic rings. The highest BCUT2D eigenvalue weighted by molar-refractivity contribution is 6.07. The molecule has 20 heteroatoms. The third-order valence-corrected chi connectivity index (χ3v) is 12.2. The molecule has 0 aromatic heterocycles. The number of carbonyl (C=O) groups is 8. The summed E-state index contributed by atoms with van der Waals surface area (Å²) < 4.78 is 11.6. The number of alkyl carbamates (subject to hydrolysis) is 1. The number of hydrogen-bond donors (Lipinski definition) is 9. The molecule has 3 atom stereocenters. The fourth-order valence-electron chi connectivity index (χ4n) is 8.32. The summed E-state index contributed by atoms with van der Waals surface area (Å²) in [5, 5.41) is 30.0. The standard InChI is InChI=1S/C48H61N9O11/c1-30(55-47(66)68-27-37-35-12-5-3-10-33(35)34-11-4-6-13-36(34)37)43(62)54-29-48(28-53-41(60)15-20-50-44(63)38(26-58)56-42(61)17-22-52-46(48)65)45(64)51-21-16-40(59)49-19-8-24-67-39-14-7-9-31-25-57(2)23-18-32(31)39/h3-7,9-14,30,37-38,58H,8,15-29H2,1-2H3,(H,49,59)(H,50,63)(H,51,64)(H,52,65)(H,53,60)(H,54,62)(H,55,66)(H,56,61)/t30-,38-,48?/m0/s1. The number of rotatable bonds is 16. The van der Waals surface area contributed by atoms with Gasteiger partial charge < -0.3 is 62.0 Å². The number of ether oxygens (including phenoxy) is 2. The molecule has 8 amide bonds. The van der Waals surface area contributed by atoms with Crippen molar-refractivity contribution in [2.24, 2.45) is 5.41 Å². The molecule has 1 saturated heterocycles. The van der Waals surface area contributed by atoms with E-state index in [-0.39, 0.29) is 51.4 Å². The molecular weight excluding hydrogens is 879 g/mol. The number of aliphatic hydroxyl groups is 1. The van der Waals surface area contributed by atoms with E-state index < -0.39 is 84.6 Å². The zero-order chi connectivity index (χ0) is 48.6. The van der Waals surface area contributed by atoms with Crippen molar-refractivity contribution in [3.63, 3.8) is 0 Å². The molecule has 0 saturated carbocycles. The number of likely N-dealkylation sites (N-methyl/N-ethyl adjacent to an activating group) is 1. The van der Waals surface area contributed by atoms with E-state index in [4.69, 9.17) is 9.47 Å². The quantitative estimate of drug-likeness (QED) is 0.0663. The van der Waals surface area contributed by atoms with Gasteiger partial charge in [0.25, 0.3) is 0 Å². The van der Waals surface area contributed by atoms with Crippen molar-refractivity contribution < 1.29 is 52.9 Å². The lowest BCUT2D eigenvalue weighted by atomic mass is 9.84. The fraction of sp³-hybridized carbons (Fsp3) is 0.458. The molecular formula is C48H61N9O11. The maximum Gasteiger partial charge on any atom is 0.407 e. The van der Waals surface area contributed by atoms with Crippen LogP contribution in [-0.2, 0) is 51.3 Å². The number of nitrogens with one attached hydrogen (secondary N) is 8. The summed E-state index contributed by atoms with van der Waals surface area (Å²) >= 11 is 0. The Morgan fingerprint density at radius 3 is 2.28 bits per heavy atom. The average Bonchev–Trinajstić information content (AvgIpc) is 3.65. The zero-order valence-corrected chi connectivity index (χ0v) is 38.4. The Hall–Kier alpha value is -7.06. The summed E-state index contributed by atoms with van der Waals surface area (Å²) in [6, 6.07) is 19.1. The normalized spacial score (nSPS) is 19.4. The molecule has 2 aliphatic heterocycles. The smallest absolute Gasteiger partial charge is 0.407 e. The Balaban J connectivity index is 1.07. The van der Waals surface area contributed by atoms with Crippen LogP contribution in [0.2, 0.25) is 0 Å². The van der Waals surface area contributed by atoms with Gasteiger partial charge in [-0.25, -0.2) is 4.79 Å². The third kappa shape index (κ3) is 13.1. The lowest BCUT2D eigenvalue weighted by Crippen LogP contribution is -2.62. The predicted molar refractivity (Wildman–Crippen MR) is 248 cm³/mol. The van der Waals surface area contributed by atoms with Gasteiger partial charge in [0.1, 0.15) is 24.4 Å². The van der Waals surface area contributed by atoms with Crippen molar-refractivity contribution in [3.05, 3.63) is 89.0 Å². The largest absolute Gasteiger partial charge is 0.493 e. The predicted octanol–water partition coefficient (Wildman–Crippen LogP) is -0.285. The van der Waals surface area contributed by atoms with Crippen LogP contribution in [0.3, 0.4) is 0 Å². The molecule has 1 fully saturated rings. The van der Waals surface area contributed by atoms with Crippen LogP contribution in [0.4, 0.5) is 4.79 Å². The van der Waals surface area contributed by atoms with E-state index in [1.165, 1.54) is 18.1 Å². The molecule has 0 bridgehead atoms.